The molecule has 0 aromatic heterocycles. The van der Waals surface area contributed by atoms with Crippen molar-refractivity contribution in [1.82, 2.24) is 4.90 Å². The van der Waals surface area contributed by atoms with Gasteiger partial charge in [0.2, 0.25) is 14.3 Å². The summed E-state index contributed by atoms with van der Waals surface area (Å²) in [5.41, 5.74) is 0. The minimum absolute atomic E-state index is 0. The Morgan fingerprint density at radius 2 is 1.64 bits per heavy atom. The molecule has 0 saturated carbocycles. The molecule has 0 saturated heterocycles. The first-order chi connectivity index (χ1) is 7.78. The molecule has 0 aromatic rings. The number of nitrogens with zero attached hydrogens (tertiary/aromatic N) is 2. The molecule has 0 heterocycles. The molecule has 0 aliphatic rings. The molecular weight excluding hydrogens is 203 g/mol. The molecule has 76 valence electrons. The Morgan fingerprint density at radius 1 is 1.29 bits per heavy atom. The Hall–Kier alpha value is -0.760. The maximum atomic E-state index is 9.43. The summed E-state index contributed by atoms with van der Waals surface area (Å²) in [6.45, 7) is 0. The Balaban J connectivity index is -0.0000000799. The van der Waals surface area contributed by atoms with Crippen LogP contribution < -0.4 is 29.6 Å². The molecular formula is C6H11N2NaO5. The molecule has 7 nitrogen and oxygen atoms in total. The molecule has 4 amide bonds. The second-order valence-electron chi connectivity index (χ2n) is 1.24. The molecule has 0 radical (unpaired) electrons. The Kier molecular flexibility index (Phi) is 23.8. The third-order valence-corrected chi connectivity index (χ3v) is 0.454. The number of hydrogen-bond acceptors (Lipinski definition) is 5. The minimum Gasteiger partial charge on any atom is -0.602 e. The van der Waals surface area contributed by atoms with E-state index in [4.69, 9.17) is 15.1 Å². The van der Waals surface area contributed by atoms with Crippen LogP contribution in [0.5, 0.6) is 0 Å². The summed E-state index contributed by atoms with van der Waals surface area (Å²) in [5.74, 6) is 0. The van der Waals surface area contributed by atoms with Gasteiger partial charge in [-0.25, -0.2) is 0 Å². The van der Waals surface area contributed by atoms with Crippen molar-refractivity contribution in [2.45, 2.75) is 0 Å². The first kappa shape index (κ1) is 11.3. The predicted octanol–water partition coefficient (Wildman–Crippen LogP) is -4.48. The van der Waals surface area contributed by atoms with E-state index in [2.05, 4.69) is 10.4 Å². The van der Waals surface area contributed by atoms with E-state index in [1.807, 2.05) is 0 Å². The van der Waals surface area contributed by atoms with Crippen LogP contribution in [0.2, 0.25) is 0 Å². The summed E-state index contributed by atoms with van der Waals surface area (Å²) < 4.78 is 24.1. The smallest absolute Gasteiger partial charge is 0.602 e. The fraction of sp³-hybridized carbons (Fsp3) is 0.333. The Labute approximate surface area is 109 Å². The molecule has 0 atom stereocenters. The fourth-order valence-electron chi connectivity index (χ4n) is 0.0497. The van der Waals surface area contributed by atoms with Crippen LogP contribution >= 0.6 is 0 Å². The van der Waals surface area contributed by atoms with E-state index in [1.54, 1.807) is 0 Å². The summed E-state index contributed by atoms with van der Waals surface area (Å²) in [6, 6.07) is 0. The van der Waals surface area contributed by atoms with Crippen molar-refractivity contribution in [2.24, 2.45) is 0 Å². The number of aliphatic hydroxyl groups is 1. The number of hydrogen-bond donors (Lipinski definition) is 1. The number of carbonyl (C=O) groups excluding carboxylic acids is 4. The third kappa shape index (κ3) is 42.9. The van der Waals surface area contributed by atoms with Gasteiger partial charge in [0.1, 0.15) is 0 Å². The van der Waals surface area contributed by atoms with Crippen LogP contribution in [0.25, 0.3) is 5.32 Å². The summed E-state index contributed by atoms with van der Waals surface area (Å²) in [4.78, 5) is 37.8. The van der Waals surface area contributed by atoms with Gasteiger partial charge in [0, 0.05) is 26.9 Å². The van der Waals surface area contributed by atoms with Gasteiger partial charge < -0.3 is 20.0 Å². The van der Waals surface area contributed by atoms with E-state index in [1.165, 1.54) is 7.05 Å². The SMILES string of the molecule is CN(C=O)C=O.O=C[N-]C=O.[2H]OC([2H])([2H])[2H].[Na+]. The van der Waals surface area contributed by atoms with Crippen LogP contribution in [0.15, 0.2) is 0 Å². The van der Waals surface area contributed by atoms with Gasteiger partial charge in [-0.1, -0.05) is 0 Å². The predicted molar refractivity (Wildman–Crippen MR) is 43.5 cm³/mol. The van der Waals surface area contributed by atoms with E-state index < -0.39 is 7.04 Å². The first-order valence-electron chi connectivity index (χ1n) is 4.54. The molecule has 1 N–H and O–H groups in total. The molecule has 0 aliphatic carbocycles. The maximum Gasteiger partial charge on any atom is 1.00 e. The summed E-state index contributed by atoms with van der Waals surface area (Å²) in [7, 11) is -1.17. The van der Waals surface area contributed by atoms with E-state index >= 15 is 0 Å². The van der Waals surface area contributed by atoms with Gasteiger partial charge in [0.15, 0.2) is 0 Å². The van der Waals surface area contributed by atoms with Crippen molar-refractivity contribution in [2.75, 3.05) is 14.1 Å². The van der Waals surface area contributed by atoms with Crippen LogP contribution in [0.1, 0.15) is 4.11 Å². The normalized spacial score (nSPS) is 10.4. The zero-order chi connectivity index (χ0) is 14.3. The molecule has 0 aliphatic heterocycles. The van der Waals surface area contributed by atoms with Crippen molar-refractivity contribution in [1.29, 1.82) is 1.43 Å². The Morgan fingerprint density at radius 3 is 1.64 bits per heavy atom. The monoisotopic (exact) mass is 218 g/mol. The molecule has 0 fully saturated rings. The molecule has 8 heteroatoms. The molecule has 0 unspecified atom stereocenters. The minimum atomic E-state index is -2.54. The molecule has 0 aromatic carbocycles. The van der Waals surface area contributed by atoms with Crippen molar-refractivity contribution in [3.8, 4) is 0 Å². The van der Waals surface area contributed by atoms with Crippen LogP contribution in [0, 0.1) is 0 Å². The van der Waals surface area contributed by atoms with Crippen molar-refractivity contribution >= 4 is 25.6 Å². The van der Waals surface area contributed by atoms with Crippen LogP contribution in [-0.2, 0) is 19.2 Å². The van der Waals surface area contributed by atoms with Crippen molar-refractivity contribution < 1.29 is 58.0 Å². The second kappa shape index (κ2) is 29.5. The molecule has 0 spiro atoms. The Bertz CT molecular complexity index is 215. The fourth-order valence-corrected chi connectivity index (χ4v) is 0.0497. The van der Waals surface area contributed by atoms with Crippen LogP contribution in [-0.4, -0.2) is 51.2 Å². The van der Waals surface area contributed by atoms with Crippen LogP contribution in [0.3, 0.4) is 0 Å². The molecule has 0 bridgehead atoms. The number of rotatable bonds is 4. The van der Waals surface area contributed by atoms with Crippen molar-refractivity contribution in [3.63, 3.8) is 0 Å². The summed E-state index contributed by atoms with van der Waals surface area (Å²) >= 11 is 0. The van der Waals surface area contributed by atoms with Gasteiger partial charge >= 0.3 is 29.6 Å². The number of imide groups is 2. The third-order valence-electron chi connectivity index (χ3n) is 0.454. The zero-order valence-electron chi connectivity index (χ0n) is 11.7. The van der Waals surface area contributed by atoms with E-state index in [0.717, 1.165) is 4.90 Å². The van der Waals surface area contributed by atoms with Crippen LogP contribution in [0.4, 0.5) is 0 Å². The summed E-state index contributed by atoms with van der Waals surface area (Å²) in [5, 5.41) is 5.80. The first-order valence-corrected chi connectivity index (χ1v) is 2.63. The van der Waals surface area contributed by atoms with Gasteiger partial charge in [-0.05, 0) is 0 Å². The molecule has 14 heavy (non-hydrogen) atoms. The number of amides is 4. The van der Waals surface area contributed by atoms with Gasteiger partial charge in [0.25, 0.3) is 0 Å². The van der Waals surface area contributed by atoms with Gasteiger partial charge in [-0.2, -0.15) is 0 Å². The standard InChI is InChI=1S/C3H5NO2.C2H3NO2.CH4O.Na/c1-4(2-5)3-6;4-1-3-2-5;1-2;/h2-3H,1H3;1-2H,(H,3,4,5);2H,1H3;/q;;;+1/p-1/i;;1D3,2D;. The average molecular weight is 218 g/mol. The topological polar surface area (TPSA) is 106 Å². The van der Waals surface area contributed by atoms with Gasteiger partial charge in [-0.15, -0.1) is 0 Å². The van der Waals surface area contributed by atoms with E-state index in [-0.39, 0.29) is 42.4 Å². The van der Waals surface area contributed by atoms with Crippen molar-refractivity contribution in [3.05, 3.63) is 5.32 Å². The van der Waals surface area contributed by atoms with Gasteiger partial charge in [-0.3, -0.25) is 14.5 Å². The molecule has 0 rings (SSSR count). The van der Waals surface area contributed by atoms with E-state index in [9.17, 15) is 9.59 Å². The largest absolute Gasteiger partial charge is 1.00 e. The zero-order valence-corrected chi connectivity index (χ0v) is 9.75. The maximum absolute atomic E-state index is 9.43. The number of carbonyl (C=O) groups is 4. The quantitative estimate of drug-likeness (QED) is 0.378. The van der Waals surface area contributed by atoms with E-state index in [0.29, 0.717) is 12.8 Å². The average Bonchev–Trinajstić information content (AvgIpc) is 2.30. The second-order valence-corrected chi connectivity index (χ2v) is 1.24. The summed E-state index contributed by atoms with van der Waals surface area (Å²) in [6.07, 6.45) is 1.25. The van der Waals surface area contributed by atoms with Gasteiger partial charge in [0.05, 0.1) is 4.11 Å².